The molecule has 0 bridgehead atoms. The molecule has 1 unspecified atom stereocenters. The average Bonchev–Trinajstić information content (AvgIpc) is 2.80. The van der Waals surface area contributed by atoms with Crippen LogP contribution in [-0.2, 0) is 0 Å². The van der Waals surface area contributed by atoms with Crippen molar-refractivity contribution in [1.82, 2.24) is 0 Å². The monoisotopic (exact) mass is 311 g/mol. The van der Waals surface area contributed by atoms with E-state index in [4.69, 9.17) is 12.2 Å². The Morgan fingerprint density at radius 2 is 1.94 bits per heavy atom. The van der Waals surface area contributed by atoms with E-state index in [9.17, 15) is 0 Å². The number of aliphatic imine (C=N–C) groups is 1. The van der Waals surface area contributed by atoms with Gasteiger partial charge in [0.25, 0.3) is 0 Å². The van der Waals surface area contributed by atoms with Crippen LogP contribution in [0.3, 0.4) is 0 Å². The predicted octanol–water partition coefficient (Wildman–Crippen LogP) is 3.24. The van der Waals surface area contributed by atoms with Gasteiger partial charge in [0.1, 0.15) is 0 Å². The van der Waals surface area contributed by atoms with Crippen LogP contribution in [-0.4, -0.2) is 26.2 Å². The van der Waals surface area contributed by atoms with E-state index in [1.807, 2.05) is 0 Å². The van der Waals surface area contributed by atoms with Gasteiger partial charge in [-0.3, -0.25) is 0 Å². The molecule has 2 rings (SSSR count). The van der Waals surface area contributed by atoms with Gasteiger partial charge in [-0.05, 0) is 0 Å². The molecular weight excluding hydrogens is 293 g/mol. The van der Waals surface area contributed by atoms with Crippen LogP contribution in [0.2, 0.25) is 4.31 Å². The summed E-state index contributed by atoms with van der Waals surface area (Å²) in [6.07, 6.45) is 5.27. The number of isothiocyanates is 1. The van der Waals surface area contributed by atoms with Crippen LogP contribution in [0.5, 0.6) is 0 Å². The molecule has 0 amide bonds. The van der Waals surface area contributed by atoms with E-state index < -0.39 is 0 Å². The fraction of sp³-hybridized carbons (Fsp3) is 0.500. The first-order chi connectivity index (χ1) is 8.27. The molecule has 1 atom stereocenters. The molecule has 3 heteroatoms. The van der Waals surface area contributed by atoms with Crippen molar-refractivity contribution in [3.63, 3.8) is 0 Å². The van der Waals surface area contributed by atoms with E-state index in [-0.39, 0.29) is 0 Å². The molecule has 0 spiro atoms. The van der Waals surface area contributed by atoms with Crippen LogP contribution < -0.4 is 4.46 Å². The van der Waals surface area contributed by atoms with Gasteiger partial charge in [-0.25, -0.2) is 0 Å². The summed E-state index contributed by atoms with van der Waals surface area (Å²) in [7, 11) is 0. The number of nitrogens with zero attached hydrogens (tertiary/aromatic N) is 1. The fourth-order valence-electron chi connectivity index (χ4n) is 2.50. The van der Waals surface area contributed by atoms with Crippen LogP contribution in [0.15, 0.2) is 35.3 Å². The average molecular weight is 310 g/mol. The summed E-state index contributed by atoms with van der Waals surface area (Å²) in [5.41, 5.74) is 0. The Morgan fingerprint density at radius 1 is 1.29 bits per heavy atom. The second-order valence-electron chi connectivity index (χ2n) is 4.58. The Balaban J connectivity index is 2.20. The summed E-state index contributed by atoms with van der Waals surface area (Å²) in [6.45, 7) is 2.20. The molecule has 1 aliphatic carbocycles. The van der Waals surface area contributed by atoms with Crippen LogP contribution >= 0.6 is 12.2 Å². The Bertz CT molecular complexity index is 405. The molecule has 0 aliphatic heterocycles. The summed E-state index contributed by atoms with van der Waals surface area (Å²) in [5.74, 6) is 0. The first kappa shape index (κ1) is 13.0. The maximum absolute atomic E-state index is 4.77. The van der Waals surface area contributed by atoms with Crippen molar-refractivity contribution in [2.45, 2.75) is 43.0 Å². The normalized spacial score (nSPS) is 19.6. The zero-order valence-corrected chi connectivity index (χ0v) is 12.6. The molecule has 1 aromatic carbocycles. The van der Waals surface area contributed by atoms with Crippen molar-refractivity contribution < 1.29 is 0 Å². The Morgan fingerprint density at radius 3 is 2.53 bits per heavy atom. The van der Waals surface area contributed by atoms with Gasteiger partial charge in [0, 0.05) is 0 Å². The number of hydrogen-bond donors (Lipinski definition) is 0. The molecule has 0 radical (unpaired) electrons. The van der Waals surface area contributed by atoms with Crippen molar-refractivity contribution in [2.24, 2.45) is 4.99 Å². The van der Waals surface area contributed by atoms with Gasteiger partial charge >= 0.3 is 115 Å². The number of hydrogen-bond acceptors (Lipinski definition) is 2. The summed E-state index contributed by atoms with van der Waals surface area (Å²) >= 11 is 5.25. The molecule has 17 heavy (non-hydrogen) atoms. The maximum atomic E-state index is 4.77. The molecular formula is C14H17NSSe. The Labute approximate surface area is 115 Å². The van der Waals surface area contributed by atoms with Crippen molar-refractivity contribution in [2.75, 3.05) is 0 Å². The summed E-state index contributed by atoms with van der Waals surface area (Å²) in [4.78, 5) is 4.36. The first-order valence-corrected chi connectivity index (χ1v) is 8.20. The van der Waals surface area contributed by atoms with E-state index >= 15 is 0 Å². The van der Waals surface area contributed by atoms with Gasteiger partial charge in [0.2, 0.25) is 0 Å². The second-order valence-corrected chi connectivity index (χ2v) is 7.89. The molecule has 1 saturated carbocycles. The van der Waals surface area contributed by atoms with Crippen LogP contribution in [0.25, 0.3) is 0 Å². The molecule has 1 aromatic rings. The van der Waals surface area contributed by atoms with E-state index in [2.05, 4.69) is 47.4 Å². The van der Waals surface area contributed by atoms with Gasteiger partial charge in [0.05, 0.1) is 0 Å². The van der Waals surface area contributed by atoms with Crippen LogP contribution in [0.1, 0.15) is 32.6 Å². The van der Waals surface area contributed by atoms with E-state index in [0.717, 1.165) is 0 Å². The number of benzene rings is 1. The topological polar surface area (TPSA) is 12.4 Å². The SMILES string of the molecule is CC(N=C=S)C1([Se]c2ccccc2)CCCC1. The third-order valence-electron chi connectivity index (χ3n) is 3.52. The van der Waals surface area contributed by atoms with E-state index in [1.54, 1.807) is 0 Å². The first-order valence-electron chi connectivity index (χ1n) is 6.08. The van der Waals surface area contributed by atoms with Crippen LogP contribution in [0, 0.1) is 0 Å². The zero-order chi connectivity index (χ0) is 12.1. The molecule has 1 aliphatic rings. The van der Waals surface area contributed by atoms with Crippen molar-refractivity contribution in [1.29, 1.82) is 0 Å². The molecule has 1 nitrogen and oxygen atoms in total. The van der Waals surface area contributed by atoms with Crippen LogP contribution in [0.4, 0.5) is 0 Å². The second kappa shape index (κ2) is 5.93. The minimum absolute atomic E-state index is 0.322. The standard InChI is InChI=1S/C14H17NSSe/c1-12(15-11-16)14(9-5-6-10-14)17-13-7-3-2-4-8-13/h2-4,7-8,12H,5-6,9-10H2,1H3. The molecule has 0 saturated heterocycles. The summed E-state index contributed by atoms with van der Waals surface area (Å²) in [5, 5.41) is 2.57. The predicted molar refractivity (Wildman–Crippen MR) is 77.5 cm³/mol. The van der Waals surface area contributed by atoms with E-state index in [0.29, 0.717) is 25.3 Å². The molecule has 0 aromatic heterocycles. The summed E-state index contributed by atoms with van der Waals surface area (Å²) < 4.78 is 1.86. The third-order valence-corrected chi connectivity index (χ3v) is 7.12. The number of rotatable bonds is 4. The molecule has 0 heterocycles. The number of thiocarbonyl (C=S) groups is 1. The van der Waals surface area contributed by atoms with Gasteiger partial charge in [-0.1, -0.05) is 0 Å². The van der Waals surface area contributed by atoms with Crippen molar-refractivity contribution in [3.8, 4) is 0 Å². The Kier molecular flexibility index (Phi) is 4.53. The van der Waals surface area contributed by atoms with Crippen molar-refractivity contribution >= 4 is 36.8 Å². The van der Waals surface area contributed by atoms with Gasteiger partial charge in [-0.15, -0.1) is 0 Å². The van der Waals surface area contributed by atoms with E-state index in [1.165, 1.54) is 30.1 Å². The third kappa shape index (κ3) is 3.05. The fourth-order valence-corrected chi connectivity index (χ4v) is 5.76. The summed E-state index contributed by atoms with van der Waals surface area (Å²) in [6, 6.07) is 11.2. The van der Waals surface area contributed by atoms with Gasteiger partial charge in [-0.2, -0.15) is 0 Å². The Hall–Kier alpha value is -0.461. The van der Waals surface area contributed by atoms with Gasteiger partial charge < -0.3 is 0 Å². The minimum atomic E-state index is 0.322. The van der Waals surface area contributed by atoms with Crippen molar-refractivity contribution in [3.05, 3.63) is 30.3 Å². The molecule has 90 valence electrons. The quantitative estimate of drug-likeness (QED) is 0.472. The molecule has 1 fully saturated rings. The van der Waals surface area contributed by atoms with Gasteiger partial charge in [0.15, 0.2) is 0 Å². The molecule has 0 N–H and O–H groups in total. The zero-order valence-electron chi connectivity index (χ0n) is 10.1.